The predicted molar refractivity (Wildman–Crippen MR) is 83.5 cm³/mol. The molecule has 1 aromatic carbocycles. The summed E-state index contributed by atoms with van der Waals surface area (Å²) in [4.78, 5) is 1.11. The standard InChI is InChI=1S/C14H17BrFN3S/c1-3-4-12-14(20-19-18-12)13(17-2)8-9-7-10(15)5-6-11(9)16/h5-7,13,17H,3-4,8H2,1-2H3. The summed E-state index contributed by atoms with van der Waals surface area (Å²) in [5.74, 6) is -0.178. The second-order valence-electron chi connectivity index (χ2n) is 4.61. The Labute approximate surface area is 130 Å². The summed E-state index contributed by atoms with van der Waals surface area (Å²) in [6.45, 7) is 2.12. The van der Waals surface area contributed by atoms with Gasteiger partial charge in [-0.25, -0.2) is 4.39 Å². The molecule has 1 atom stereocenters. The quantitative estimate of drug-likeness (QED) is 0.851. The van der Waals surface area contributed by atoms with Crippen LogP contribution in [0.15, 0.2) is 22.7 Å². The highest BCUT2D eigenvalue weighted by molar-refractivity contribution is 9.10. The number of nitrogens with zero attached hydrogens (tertiary/aromatic N) is 2. The molecular weight excluding hydrogens is 341 g/mol. The van der Waals surface area contributed by atoms with E-state index in [0.717, 1.165) is 27.9 Å². The zero-order valence-corrected chi connectivity index (χ0v) is 13.9. The maximum atomic E-state index is 13.9. The van der Waals surface area contributed by atoms with Crippen molar-refractivity contribution < 1.29 is 4.39 Å². The van der Waals surface area contributed by atoms with Crippen molar-refractivity contribution in [2.24, 2.45) is 0 Å². The fourth-order valence-electron chi connectivity index (χ4n) is 2.14. The van der Waals surface area contributed by atoms with Crippen molar-refractivity contribution in [3.63, 3.8) is 0 Å². The van der Waals surface area contributed by atoms with Gasteiger partial charge in [-0.3, -0.25) is 0 Å². The summed E-state index contributed by atoms with van der Waals surface area (Å²) < 4.78 is 18.8. The van der Waals surface area contributed by atoms with Crippen molar-refractivity contribution >= 4 is 27.5 Å². The summed E-state index contributed by atoms with van der Waals surface area (Å²) in [5, 5.41) is 7.43. The van der Waals surface area contributed by atoms with E-state index in [1.807, 2.05) is 13.1 Å². The largest absolute Gasteiger partial charge is 0.312 e. The highest BCUT2D eigenvalue weighted by atomic mass is 79.9. The molecule has 0 spiro atoms. The molecule has 2 aromatic rings. The lowest BCUT2D eigenvalue weighted by atomic mass is 10.0. The zero-order valence-electron chi connectivity index (χ0n) is 11.5. The summed E-state index contributed by atoms with van der Waals surface area (Å²) in [6.07, 6.45) is 2.52. The minimum absolute atomic E-state index is 0.0420. The molecule has 1 heterocycles. The molecule has 0 amide bonds. The molecule has 2 rings (SSSR count). The number of aryl methyl sites for hydroxylation is 1. The van der Waals surface area contributed by atoms with Gasteiger partial charge in [0.1, 0.15) is 5.82 Å². The predicted octanol–water partition coefficient (Wildman–Crippen LogP) is 3.90. The van der Waals surface area contributed by atoms with Crippen LogP contribution in [-0.4, -0.2) is 16.6 Å². The molecule has 6 heteroatoms. The summed E-state index contributed by atoms with van der Waals surface area (Å²) in [5.41, 5.74) is 1.71. The van der Waals surface area contributed by atoms with Crippen LogP contribution >= 0.6 is 27.5 Å². The van der Waals surface area contributed by atoms with Gasteiger partial charge >= 0.3 is 0 Å². The Balaban J connectivity index is 2.24. The maximum Gasteiger partial charge on any atom is 0.126 e. The maximum absolute atomic E-state index is 13.9. The first kappa shape index (κ1) is 15.5. The van der Waals surface area contributed by atoms with E-state index >= 15 is 0 Å². The third-order valence-corrected chi connectivity index (χ3v) is 4.54. The first-order valence-corrected chi connectivity index (χ1v) is 8.14. The second-order valence-corrected chi connectivity index (χ2v) is 6.32. The van der Waals surface area contributed by atoms with Crippen LogP contribution in [0.5, 0.6) is 0 Å². The van der Waals surface area contributed by atoms with Crippen LogP contribution in [0, 0.1) is 5.82 Å². The fraction of sp³-hybridized carbons (Fsp3) is 0.429. The number of nitrogens with one attached hydrogen (secondary N) is 1. The Hall–Kier alpha value is -0.850. The van der Waals surface area contributed by atoms with Gasteiger partial charge in [0.15, 0.2) is 0 Å². The normalized spacial score (nSPS) is 12.6. The molecular formula is C14H17BrFN3S. The van der Waals surface area contributed by atoms with Crippen molar-refractivity contribution in [3.05, 3.63) is 44.6 Å². The second kappa shape index (κ2) is 7.24. The lowest BCUT2D eigenvalue weighted by Gasteiger charge is -2.16. The lowest BCUT2D eigenvalue weighted by Crippen LogP contribution is -2.19. The van der Waals surface area contributed by atoms with Gasteiger partial charge < -0.3 is 5.32 Å². The molecule has 108 valence electrons. The Morgan fingerprint density at radius 1 is 1.45 bits per heavy atom. The number of rotatable bonds is 6. The Morgan fingerprint density at radius 2 is 2.25 bits per heavy atom. The Bertz CT molecular complexity index is 573. The van der Waals surface area contributed by atoms with Crippen LogP contribution in [0.3, 0.4) is 0 Å². The average molecular weight is 358 g/mol. The smallest absolute Gasteiger partial charge is 0.126 e. The summed E-state index contributed by atoms with van der Waals surface area (Å²) in [6, 6.07) is 5.07. The third kappa shape index (κ3) is 3.62. The lowest BCUT2D eigenvalue weighted by molar-refractivity contribution is 0.555. The molecule has 0 fully saturated rings. The van der Waals surface area contributed by atoms with Gasteiger partial charge in [0.05, 0.1) is 10.6 Å². The SMILES string of the molecule is CCCc1nnsc1C(Cc1cc(Br)ccc1F)NC. The molecule has 0 aliphatic rings. The molecule has 1 unspecified atom stereocenters. The van der Waals surface area contributed by atoms with Gasteiger partial charge in [-0.15, -0.1) is 5.10 Å². The van der Waals surface area contributed by atoms with Gasteiger partial charge in [-0.1, -0.05) is 33.8 Å². The van der Waals surface area contributed by atoms with Gasteiger partial charge in [0.2, 0.25) is 0 Å². The van der Waals surface area contributed by atoms with E-state index in [1.54, 1.807) is 6.07 Å². The van der Waals surface area contributed by atoms with E-state index in [1.165, 1.54) is 17.6 Å². The van der Waals surface area contributed by atoms with Gasteiger partial charge in [-0.05, 0) is 55.2 Å². The van der Waals surface area contributed by atoms with E-state index < -0.39 is 0 Å². The minimum Gasteiger partial charge on any atom is -0.312 e. The monoisotopic (exact) mass is 357 g/mol. The average Bonchev–Trinajstić information content (AvgIpc) is 2.88. The van der Waals surface area contributed by atoms with E-state index in [2.05, 4.69) is 37.8 Å². The molecule has 1 aromatic heterocycles. The molecule has 0 bridgehead atoms. The third-order valence-electron chi connectivity index (χ3n) is 3.17. The minimum atomic E-state index is -0.178. The number of likely N-dealkylation sites (N-methyl/N-ethyl adjacent to an activating group) is 1. The number of halogens is 2. The van der Waals surface area contributed by atoms with E-state index in [9.17, 15) is 4.39 Å². The number of hydrogen-bond donors (Lipinski definition) is 1. The van der Waals surface area contributed by atoms with Crippen molar-refractivity contribution in [1.82, 2.24) is 14.9 Å². The van der Waals surface area contributed by atoms with Crippen LogP contribution in [0.4, 0.5) is 4.39 Å². The van der Waals surface area contributed by atoms with E-state index in [4.69, 9.17) is 0 Å². The Morgan fingerprint density at radius 3 is 2.95 bits per heavy atom. The van der Waals surface area contributed by atoms with Crippen molar-refractivity contribution in [3.8, 4) is 0 Å². The molecule has 0 aliphatic carbocycles. The molecule has 0 saturated heterocycles. The molecule has 3 nitrogen and oxygen atoms in total. The molecule has 0 radical (unpaired) electrons. The summed E-state index contributed by atoms with van der Waals surface area (Å²) in [7, 11) is 1.88. The zero-order chi connectivity index (χ0) is 14.5. The van der Waals surface area contributed by atoms with Crippen LogP contribution < -0.4 is 5.32 Å². The van der Waals surface area contributed by atoms with Crippen molar-refractivity contribution in [1.29, 1.82) is 0 Å². The highest BCUT2D eigenvalue weighted by Gasteiger charge is 2.19. The van der Waals surface area contributed by atoms with E-state index in [-0.39, 0.29) is 11.9 Å². The molecule has 1 N–H and O–H groups in total. The molecule has 20 heavy (non-hydrogen) atoms. The molecule has 0 saturated carbocycles. The topological polar surface area (TPSA) is 37.8 Å². The van der Waals surface area contributed by atoms with Crippen LogP contribution in [0.25, 0.3) is 0 Å². The van der Waals surface area contributed by atoms with Crippen LogP contribution in [0.2, 0.25) is 0 Å². The Kier molecular flexibility index (Phi) is 5.63. The van der Waals surface area contributed by atoms with Gasteiger partial charge in [0, 0.05) is 10.5 Å². The first-order valence-electron chi connectivity index (χ1n) is 6.58. The van der Waals surface area contributed by atoms with Crippen molar-refractivity contribution in [2.45, 2.75) is 32.2 Å². The number of hydrogen-bond acceptors (Lipinski definition) is 4. The van der Waals surface area contributed by atoms with Crippen molar-refractivity contribution in [2.75, 3.05) is 7.05 Å². The van der Waals surface area contributed by atoms with E-state index in [0.29, 0.717) is 12.0 Å². The summed E-state index contributed by atoms with van der Waals surface area (Å²) >= 11 is 4.78. The number of benzene rings is 1. The first-order chi connectivity index (χ1) is 9.65. The van der Waals surface area contributed by atoms with Crippen LogP contribution in [0.1, 0.15) is 35.5 Å². The highest BCUT2D eigenvalue weighted by Crippen LogP contribution is 2.27. The van der Waals surface area contributed by atoms with Gasteiger partial charge in [0.25, 0.3) is 0 Å². The fourth-order valence-corrected chi connectivity index (χ4v) is 3.35. The number of aromatic nitrogens is 2. The van der Waals surface area contributed by atoms with Gasteiger partial charge in [-0.2, -0.15) is 0 Å². The van der Waals surface area contributed by atoms with Crippen LogP contribution in [-0.2, 0) is 12.8 Å². The molecule has 0 aliphatic heterocycles.